The maximum absolute atomic E-state index is 12.8. The smallest absolute Gasteiger partial charge is 0.325 e. The Labute approximate surface area is 203 Å². The summed E-state index contributed by atoms with van der Waals surface area (Å²) in [5.74, 6) is 0.0480. The van der Waals surface area contributed by atoms with Crippen molar-refractivity contribution in [3.8, 4) is 11.5 Å². The molecular formula is C27H28N2O6. The summed E-state index contributed by atoms with van der Waals surface area (Å²) >= 11 is 0. The molecule has 2 aromatic carbocycles. The summed E-state index contributed by atoms with van der Waals surface area (Å²) in [6, 6.07) is 16.3. The summed E-state index contributed by atoms with van der Waals surface area (Å²) in [5, 5.41) is 2.51. The quantitative estimate of drug-likeness (QED) is 0.395. The normalized spacial score (nSPS) is 14.3. The Hall–Kier alpha value is -4.07. The molecule has 182 valence electrons. The molecule has 8 heteroatoms. The Morgan fingerprint density at radius 1 is 1.03 bits per heavy atom. The van der Waals surface area contributed by atoms with Crippen molar-refractivity contribution in [1.29, 1.82) is 0 Å². The third-order valence-corrected chi connectivity index (χ3v) is 5.87. The first-order chi connectivity index (χ1) is 16.8. The number of carbonyl (C=O) groups is 3. The SMILES string of the molecule is Cc1cccc(C(=O)NCC(=O)OCC(=O)c2cc(C)n(CC3COc4ccccc4O3)c2C)c1. The number of nitrogens with zero attached hydrogens (tertiary/aromatic N) is 1. The van der Waals surface area contributed by atoms with E-state index in [0.717, 1.165) is 22.7 Å². The first-order valence-electron chi connectivity index (χ1n) is 11.4. The predicted octanol–water partition coefficient (Wildman–Crippen LogP) is 3.41. The van der Waals surface area contributed by atoms with Crippen LogP contribution in [0.15, 0.2) is 54.6 Å². The molecule has 1 atom stereocenters. The van der Waals surface area contributed by atoms with Gasteiger partial charge in [-0.15, -0.1) is 0 Å². The average Bonchev–Trinajstić information content (AvgIpc) is 3.14. The number of amides is 1. The Kier molecular flexibility index (Phi) is 7.19. The van der Waals surface area contributed by atoms with Crippen LogP contribution in [0.3, 0.4) is 0 Å². The number of aryl methyl sites for hydroxylation is 2. The third-order valence-electron chi connectivity index (χ3n) is 5.87. The molecule has 0 bridgehead atoms. The Morgan fingerprint density at radius 3 is 2.57 bits per heavy atom. The summed E-state index contributed by atoms with van der Waals surface area (Å²) in [6.45, 7) is 5.84. The van der Waals surface area contributed by atoms with Gasteiger partial charge in [-0.25, -0.2) is 0 Å². The molecule has 1 aliphatic heterocycles. The van der Waals surface area contributed by atoms with Crippen LogP contribution in [0.25, 0.3) is 0 Å². The van der Waals surface area contributed by atoms with Gasteiger partial charge in [-0.2, -0.15) is 0 Å². The largest absolute Gasteiger partial charge is 0.486 e. The summed E-state index contributed by atoms with van der Waals surface area (Å²) in [5.41, 5.74) is 3.54. The minimum Gasteiger partial charge on any atom is -0.486 e. The zero-order valence-electron chi connectivity index (χ0n) is 20.0. The van der Waals surface area contributed by atoms with Gasteiger partial charge in [0.2, 0.25) is 5.78 Å². The van der Waals surface area contributed by atoms with E-state index in [1.807, 2.05) is 55.7 Å². The summed E-state index contributed by atoms with van der Waals surface area (Å²) < 4.78 is 18.9. The number of rotatable bonds is 8. The standard InChI is InChI=1S/C27H28N2O6/c1-17-7-6-8-20(11-17)27(32)28-13-26(31)34-16-23(30)22-12-18(2)29(19(22)3)14-21-15-33-24-9-4-5-10-25(24)35-21/h4-12,21H,13-16H2,1-3H3,(H,28,32). The molecule has 0 saturated carbocycles. The lowest BCUT2D eigenvalue weighted by Crippen LogP contribution is -2.33. The molecule has 0 spiro atoms. The first-order valence-corrected chi connectivity index (χ1v) is 11.4. The van der Waals surface area contributed by atoms with Gasteiger partial charge >= 0.3 is 5.97 Å². The zero-order valence-corrected chi connectivity index (χ0v) is 20.0. The number of Topliss-reactive ketones (excluding diaryl/α,β-unsaturated/α-hetero) is 1. The van der Waals surface area contributed by atoms with Gasteiger partial charge in [0.05, 0.1) is 6.54 Å². The van der Waals surface area contributed by atoms with Crippen molar-refractivity contribution in [2.24, 2.45) is 0 Å². The summed E-state index contributed by atoms with van der Waals surface area (Å²) in [4.78, 5) is 37.0. The van der Waals surface area contributed by atoms with Crippen LogP contribution >= 0.6 is 0 Å². The van der Waals surface area contributed by atoms with Crippen LogP contribution in [-0.4, -0.2) is 48.1 Å². The van der Waals surface area contributed by atoms with Gasteiger partial charge in [0.1, 0.15) is 13.2 Å². The van der Waals surface area contributed by atoms with E-state index < -0.39 is 12.6 Å². The number of ketones is 1. The van der Waals surface area contributed by atoms with Crippen LogP contribution in [-0.2, 0) is 16.1 Å². The van der Waals surface area contributed by atoms with Gasteiger partial charge in [-0.3, -0.25) is 14.4 Å². The molecule has 1 aromatic heterocycles. The van der Waals surface area contributed by atoms with E-state index in [4.69, 9.17) is 14.2 Å². The number of ether oxygens (including phenoxy) is 3. The second-order valence-electron chi connectivity index (χ2n) is 8.53. The van der Waals surface area contributed by atoms with Crippen molar-refractivity contribution < 1.29 is 28.6 Å². The van der Waals surface area contributed by atoms with Crippen molar-refractivity contribution in [1.82, 2.24) is 9.88 Å². The number of fused-ring (bicyclic) bond motifs is 1. The lowest BCUT2D eigenvalue weighted by atomic mass is 10.1. The van der Waals surface area contributed by atoms with Crippen LogP contribution in [0, 0.1) is 20.8 Å². The number of para-hydroxylation sites is 2. The molecule has 0 aliphatic carbocycles. The molecule has 4 rings (SSSR count). The molecule has 0 fully saturated rings. The lowest BCUT2D eigenvalue weighted by molar-refractivity contribution is -0.141. The van der Waals surface area contributed by atoms with Crippen molar-refractivity contribution in [3.63, 3.8) is 0 Å². The van der Waals surface area contributed by atoms with Gasteiger partial charge in [-0.1, -0.05) is 29.8 Å². The van der Waals surface area contributed by atoms with Crippen LogP contribution in [0.1, 0.15) is 37.7 Å². The molecular weight excluding hydrogens is 448 g/mol. The highest BCUT2D eigenvalue weighted by Gasteiger charge is 2.24. The fourth-order valence-electron chi connectivity index (χ4n) is 4.04. The van der Waals surface area contributed by atoms with E-state index in [-0.39, 0.29) is 24.3 Å². The molecule has 1 unspecified atom stereocenters. The van der Waals surface area contributed by atoms with E-state index in [0.29, 0.717) is 30.0 Å². The predicted molar refractivity (Wildman–Crippen MR) is 129 cm³/mol. The van der Waals surface area contributed by atoms with Crippen LogP contribution < -0.4 is 14.8 Å². The molecule has 8 nitrogen and oxygen atoms in total. The summed E-state index contributed by atoms with van der Waals surface area (Å²) in [6.07, 6.45) is -0.201. The van der Waals surface area contributed by atoms with Gasteiger partial charge in [-0.05, 0) is 51.1 Å². The van der Waals surface area contributed by atoms with Crippen molar-refractivity contribution in [2.45, 2.75) is 33.4 Å². The lowest BCUT2D eigenvalue weighted by Gasteiger charge is -2.27. The highest BCUT2D eigenvalue weighted by molar-refractivity contribution is 6.00. The number of benzene rings is 2. The van der Waals surface area contributed by atoms with E-state index in [1.165, 1.54) is 0 Å². The number of esters is 1. The van der Waals surface area contributed by atoms with Crippen molar-refractivity contribution in [3.05, 3.63) is 82.7 Å². The van der Waals surface area contributed by atoms with E-state index in [1.54, 1.807) is 24.3 Å². The third kappa shape index (κ3) is 5.71. The number of carbonyl (C=O) groups excluding carboxylic acids is 3. The number of hydrogen-bond acceptors (Lipinski definition) is 6. The molecule has 0 radical (unpaired) electrons. The van der Waals surface area contributed by atoms with Gasteiger partial charge in [0, 0.05) is 22.5 Å². The second kappa shape index (κ2) is 10.5. The summed E-state index contributed by atoms with van der Waals surface area (Å²) in [7, 11) is 0. The topological polar surface area (TPSA) is 95.9 Å². The van der Waals surface area contributed by atoms with Crippen LogP contribution in [0.2, 0.25) is 0 Å². The van der Waals surface area contributed by atoms with E-state index in [9.17, 15) is 14.4 Å². The molecule has 1 amide bonds. The Bertz CT molecular complexity index is 1260. The molecule has 1 N–H and O–H groups in total. The van der Waals surface area contributed by atoms with Gasteiger partial charge in [0.15, 0.2) is 24.2 Å². The fraction of sp³-hybridized carbons (Fsp3) is 0.296. The maximum Gasteiger partial charge on any atom is 0.325 e. The minimum absolute atomic E-state index is 0.201. The van der Waals surface area contributed by atoms with E-state index in [2.05, 4.69) is 5.32 Å². The van der Waals surface area contributed by atoms with Gasteiger partial charge in [0.25, 0.3) is 5.91 Å². The average molecular weight is 477 g/mol. The first kappa shape index (κ1) is 24.1. The Balaban J connectivity index is 1.30. The van der Waals surface area contributed by atoms with Crippen molar-refractivity contribution >= 4 is 17.7 Å². The molecule has 35 heavy (non-hydrogen) atoms. The highest BCUT2D eigenvalue weighted by atomic mass is 16.6. The molecule has 1 aliphatic rings. The molecule has 2 heterocycles. The molecule has 3 aromatic rings. The number of hydrogen-bond donors (Lipinski definition) is 1. The number of aromatic nitrogens is 1. The minimum atomic E-state index is -0.681. The van der Waals surface area contributed by atoms with E-state index >= 15 is 0 Å². The van der Waals surface area contributed by atoms with Crippen LogP contribution in [0.5, 0.6) is 11.5 Å². The maximum atomic E-state index is 12.8. The van der Waals surface area contributed by atoms with Gasteiger partial charge < -0.3 is 24.1 Å². The molecule has 0 saturated heterocycles. The zero-order chi connectivity index (χ0) is 24.9. The monoisotopic (exact) mass is 476 g/mol. The van der Waals surface area contributed by atoms with Crippen LogP contribution in [0.4, 0.5) is 0 Å². The highest BCUT2D eigenvalue weighted by Crippen LogP contribution is 2.31. The van der Waals surface area contributed by atoms with Crippen molar-refractivity contribution in [2.75, 3.05) is 19.8 Å². The number of nitrogens with one attached hydrogen (secondary N) is 1. The Morgan fingerprint density at radius 2 is 1.80 bits per heavy atom. The fourth-order valence-corrected chi connectivity index (χ4v) is 4.04. The second-order valence-corrected chi connectivity index (χ2v) is 8.53.